The summed E-state index contributed by atoms with van der Waals surface area (Å²) in [6.07, 6.45) is 5.74. The van der Waals surface area contributed by atoms with E-state index < -0.39 is 0 Å². The van der Waals surface area contributed by atoms with Crippen LogP contribution in [-0.2, 0) is 26.4 Å². The van der Waals surface area contributed by atoms with Crippen LogP contribution >= 0.6 is 0 Å². The topological polar surface area (TPSA) is 70.4 Å². The van der Waals surface area contributed by atoms with E-state index in [1.165, 1.54) is 5.69 Å². The monoisotopic (exact) mass is 336 g/mol. The fourth-order valence-electron chi connectivity index (χ4n) is 3.76. The summed E-state index contributed by atoms with van der Waals surface area (Å²) in [6, 6.07) is 0.258. The zero-order valence-corrected chi connectivity index (χ0v) is 15.5. The van der Waals surface area contributed by atoms with Crippen LogP contribution in [0.1, 0.15) is 56.5 Å². The predicted octanol–water partition coefficient (Wildman–Crippen LogP) is 2.24. The molecule has 1 heterocycles. The van der Waals surface area contributed by atoms with Gasteiger partial charge < -0.3 is 15.3 Å². The molecule has 1 aromatic heterocycles. The van der Waals surface area contributed by atoms with Gasteiger partial charge in [0, 0.05) is 44.5 Å². The van der Waals surface area contributed by atoms with Crippen molar-refractivity contribution in [1.29, 1.82) is 0 Å². The maximum atomic E-state index is 12.5. The van der Waals surface area contributed by atoms with Crippen LogP contribution in [0.5, 0.6) is 0 Å². The van der Waals surface area contributed by atoms with Crippen molar-refractivity contribution in [3.8, 4) is 0 Å². The molecular weight excluding hydrogens is 304 g/mol. The number of aliphatic hydroxyl groups is 1. The molecule has 1 aromatic rings. The van der Waals surface area contributed by atoms with Crippen LogP contribution < -0.4 is 5.32 Å². The van der Waals surface area contributed by atoms with Crippen LogP contribution in [-0.4, -0.2) is 45.5 Å². The van der Waals surface area contributed by atoms with Crippen LogP contribution in [0, 0.1) is 5.92 Å². The van der Waals surface area contributed by atoms with Gasteiger partial charge in [-0.05, 0) is 44.4 Å². The van der Waals surface area contributed by atoms with E-state index in [0.29, 0.717) is 12.5 Å². The largest absolute Gasteiger partial charge is 0.396 e. The van der Waals surface area contributed by atoms with E-state index in [4.69, 9.17) is 0 Å². The number of nitrogens with zero attached hydrogens (tertiary/aromatic N) is 3. The molecule has 0 atom stereocenters. The molecule has 2 amide bonds. The molecule has 24 heavy (non-hydrogen) atoms. The molecule has 0 unspecified atom stereocenters. The summed E-state index contributed by atoms with van der Waals surface area (Å²) < 4.78 is 1.93. The van der Waals surface area contributed by atoms with Crippen LogP contribution in [0.2, 0.25) is 0 Å². The van der Waals surface area contributed by atoms with E-state index in [-0.39, 0.29) is 18.7 Å². The Morgan fingerprint density at radius 2 is 1.96 bits per heavy atom. The number of hydrogen-bond donors (Lipinski definition) is 2. The van der Waals surface area contributed by atoms with Gasteiger partial charge in [-0.25, -0.2) is 4.79 Å². The molecule has 136 valence electrons. The van der Waals surface area contributed by atoms with E-state index in [2.05, 4.69) is 24.3 Å². The smallest absolute Gasteiger partial charge is 0.317 e. The highest BCUT2D eigenvalue weighted by Gasteiger charge is 2.26. The Kier molecular flexibility index (Phi) is 6.66. The Morgan fingerprint density at radius 3 is 2.50 bits per heavy atom. The number of aromatic nitrogens is 2. The molecule has 0 aromatic carbocycles. The van der Waals surface area contributed by atoms with E-state index in [0.717, 1.165) is 49.8 Å². The lowest BCUT2D eigenvalue weighted by molar-refractivity contribution is 0.134. The fourth-order valence-corrected chi connectivity index (χ4v) is 3.76. The summed E-state index contributed by atoms with van der Waals surface area (Å²) in [6.45, 7) is 5.02. The highest BCUT2D eigenvalue weighted by atomic mass is 16.3. The summed E-state index contributed by atoms with van der Waals surface area (Å²) in [5.41, 5.74) is 3.42. The van der Waals surface area contributed by atoms with Crippen LogP contribution in [0.4, 0.5) is 4.79 Å². The molecule has 0 aliphatic heterocycles. The van der Waals surface area contributed by atoms with Gasteiger partial charge in [0.05, 0.1) is 5.69 Å². The van der Waals surface area contributed by atoms with Crippen LogP contribution in [0.25, 0.3) is 0 Å². The second kappa shape index (κ2) is 8.51. The average molecular weight is 336 g/mol. The normalized spacial score (nSPS) is 20.9. The molecule has 1 aliphatic carbocycles. The minimum absolute atomic E-state index is 0.0181. The fraction of sp³-hybridized carbons (Fsp3) is 0.778. The molecule has 2 rings (SSSR count). The Morgan fingerprint density at radius 1 is 1.29 bits per heavy atom. The lowest BCUT2D eigenvalue weighted by Gasteiger charge is -2.34. The SMILES string of the molecule is CCc1nn(C)c(CC)c1CNC(=O)N(C)C1CCC(CO)CC1. The molecular formula is C18H32N4O2. The van der Waals surface area contributed by atoms with Crippen molar-refractivity contribution in [2.75, 3.05) is 13.7 Å². The number of rotatable bonds is 6. The Hall–Kier alpha value is -1.56. The summed E-state index contributed by atoms with van der Waals surface area (Å²) in [5, 5.41) is 16.9. The zero-order valence-electron chi connectivity index (χ0n) is 15.5. The molecule has 1 fully saturated rings. The molecule has 2 N–H and O–H groups in total. The third kappa shape index (κ3) is 4.09. The molecule has 6 nitrogen and oxygen atoms in total. The quantitative estimate of drug-likeness (QED) is 0.837. The number of carbonyl (C=O) groups excluding carboxylic acids is 1. The predicted molar refractivity (Wildman–Crippen MR) is 94.8 cm³/mol. The number of urea groups is 1. The second-order valence-electron chi connectivity index (χ2n) is 6.83. The van der Waals surface area contributed by atoms with Crippen molar-refractivity contribution in [2.45, 2.75) is 65.0 Å². The van der Waals surface area contributed by atoms with Gasteiger partial charge in [-0.1, -0.05) is 13.8 Å². The molecule has 1 saturated carbocycles. The van der Waals surface area contributed by atoms with Gasteiger partial charge in [-0.15, -0.1) is 0 Å². The Bertz CT molecular complexity index is 547. The van der Waals surface area contributed by atoms with Gasteiger partial charge in [0.1, 0.15) is 0 Å². The maximum Gasteiger partial charge on any atom is 0.317 e. The minimum atomic E-state index is -0.0181. The van der Waals surface area contributed by atoms with Crippen molar-refractivity contribution in [2.24, 2.45) is 13.0 Å². The molecule has 0 bridgehead atoms. The van der Waals surface area contributed by atoms with E-state index in [1.54, 1.807) is 0 Å². The first kappa shape index (κ1) is 18.8. The van der Waals surface area contributed by atoms with E-state index >= 15 is 0 Å². The van der Waals surface area contributed by atoms with Crippen molar-refractivity contribution in [3.63, 3.8) is 0 Å². The van der Waals surface area contributed by atoms with Crippen molar-refractivity contribution in [1.82, 2.24) is 20.0 Å². The minimum Gasteiger partial charge on any atom is -0.396 e. The first-order valence-corrected chi connectivity index (χ1v) is 9.16. The van der Waals surface area contributed by atoms with Crippen LogP contribution in [0.3, 0.4) is 0 Å². The van der Waals surface area contributed by atoms with Crippen LogP contribution in [0.15, 0.2) is 0 Å². The van der Waals surface area contributed by atoms with Crippen molar-refractivity contribution in [3.05, 3.63) is 17.0 Å². The number of aryl methyl sites for hydroxylation is 2. The maximum absolute atomic E-state index is 12.5. The zero-order chi connectivity index (χ0) is 17.7. The average Bonchev–Trinajstić information content (AvgIpc) is 2.93. The highest BCUT2D eigenvalue weighted by molar-refractivity contribution is 5.74. The molecule has 0 spiro atoms. The summed E-state index contributed by atoms with van der Waals surface area (Å²) in [7, 11) is 3.85. The summed E-state index contributed by atoms with van der Waals surface area (Å²) in [5.74, 6) is 0.410. The van der Waals surface area contributed by atoms with Gasteiger partial charge in [0.15, 0.2) is 0 Å². The first-order valence-electron chi connectivity index (χ1n) is 9.16. The number of nitrogens with one attached hydrogen (secondary N) is 1. The van der Waals surface area contributed by atoms with Gasteiger partial charge in [-0.2, -0.15) is 5.10 Å². The third-order valence-corrected chi connectivity index (χ3v) is 5.39. The second-order valence-corrected chi connectivity index (χ2v) is 6.83. The lowest BCUT2D eigenvalue weighted by Crippen LogP contribution is -2.45. The lowest BCUT2D eigenvalue weighted by atomic mass is 9.86. The van der Waals surface area contributed by atoms with Gasteiger partial charge in [0.2, 0.25) is 0 Å². The molecule has 0 radical (unpaired) electrons. The first-order chi connectivity index (χ1) is 11.5. The van der Waals surface area contributed by atoms with E-state index in [1.807, 2.05) is 23.7 Å². The third-order valence-electron chi connectivity index (χ3n) is 5.39. The van der Waals surface area contributed by atoms with Gasteiger partial charge in [0.25, 0.3) is 0 Å². The standard InChI is InChI=1S/C18H32N4O2/c1-5-16-15(17(6-2)22(4)20-16)11-19-18(24)21(3)14-9-7-13(12-23)8-10-14/h13-14,23H,5-12H2,1-4H3,(H,19,24). The Balaban J connectivity index is 1.93. The number of carbonyl (C=O) groups is 1. The van der Waals surface area contributed by atoms with Crippen molar-refractivity contribution >= 4 is 6.03 Å². The number of amides is 2. The summed E-state index contributed by atoms with van der Waals surface area (Å²) >= 11 is 0. The summed E-state index contributed by atoms with van der Waals surface area (Å²) in [4.78, 5) is 14.3. The van der Waals surface area contributed by atoms with Crippen molar-refractivity contribution < 1.29 is 9.90 Å². The van der Waals surface area contributed by atoms with E-state index in [9.17, 15) is 9.90 Å². The molecule has 1 aliphatic rings. The highest BCUT2D eigenvalue weighted by Crippen LogP contribution is 2.26. The number of aliphatic hydroxyl groups excluding tert-OH is 1. The van der Waals surface area contributed by atoms with Gasteiger partial charge >= 0.3 is 6.03 Å². The molecule has 6 heteroatoms. The number of hydrogen-bond acceptors (Lipinski definition) is 3. The molecule has 0 saturated heterocycles. The Labute approximate surface area is 145 Å². The van der Waals surface area contributed by atoms with Gasteiger partial charge in [-0.3, -0.25) is 4.68 Å².